The predicted octanol–water partition coefficient (Wildman–Crippen LogP) is 3.30. The third kappa shape index (κ3) is 4.97. The Hall–Kier alpha value is -2.04. The minimum absolute atomic E-state index is 0.0288. The number of carbonyl (C=O) groups is 2. The summed E-state index contributed by atoms with van der Waals surface area (Å²) in [6.07, 6.45) is 2.29. The largest absolute Gasteiger partial charge is 0.495 e. The molecule has 0 radical (unpaired) electrons. The fourth-order valence-electron chi connectivity index (χ4n) is 3.14. The molecule has 2 amide bonds. The standard InChI is InChI=1S/C20H30N2O3/c1-13(2)6-8-15(4)21-20(24)16-11-19(23)22(12-16)17-10-14(3)7-9-18(17)25-5/h7,9-10,13,15-16H,6,8,11-12H2,1-5H3,(H,21,24). The van der Waals surface area contributed by atoms with E-state index in [2.05, 4.69) is 19.2 Å². The highest BCUT2D eigenvalue weighted by Crippen LogP contribution is 2.34. The molecule has 5 nitrogen and oxygen atoms in total. The number of methoxy groups -OCH3 is 1. The molecule has 25 heavy (non-hydrogen) atoms. The maximum absolute atomic E-state index is 12.5. The number of amides is 2. The Kier molecular flexibility index (Phi) is 6.45. The van der Waals surface area contributed by atoms with E-state index < -0.39 is 0 Å². The molecule has 0 aromatic heterocycles. The molecule has 1 aliphatic heterocycles. The lowest BCUT2D eigenvalue weighted by atomic mass is 10.0. The number of hydrogen-bond acceptors (Lipinski definition) is 3. The fraction of sp³-hybridized carbons (Fsp3) is 0.600. The number of anilines is 1. The van der Waals surface area contributed by atoms with Crippen molar-refractivity contribution in [1.29, 1.82) is 0 Å². The summed E-state index contributed by atoms with van der Waals surface area (Å²) < 4.78 is 5.38. The average Bonchev–Trinajstić information content (AvgIpc) is 2.94. The maximum Gasteiger partial charge on any atom is 0.227 e. The molecule has 0 spiro atoms. The minimum Gasteiger partial charge on any atom is -0.495 e. The molecule has 1 aromatic rings. The van der Waals surface area contributed by atoms with Crippen molar-refractivity contribution in [3.63, 3.8) is 0 Å². The lowest BCUT2D eigenvalue weighted by Gasteiger charge is -2.21. The van der Waals surface area contributed by atoms with E-state index in [1.54, 1.807) is 12.0 Å². The molecular weight excluding hydrogens is 316 g/mol. The van der Waals surface area contributed by atoms with E-state index in [4.69, 9.17) is 4.74 Å². The van der Waals surface area contributed by atoms with Crippen LogP contribution in [0.4, 0.5) is 5.69 Å². The Bertz CT molecular complexity index is 627. The number of benzene rings is 1. The molecule has 5 heteroatoms. The van der Waals surface area contributed by atoms with Crippen molar-refractivity contribution >= 4 is 17.5 Å². The van der Waals surface area contributed by atoms with E-state index in [0.717, 1.165) is 24.1 Å². The van der Waals surface area contributed by atoms with Gasteiger partial charge in [0, 0.05) is 19.0 Å². The number of nitrogens with one attached hydrogen (secondary N) is 1. The fourth-order valence-corrected chi connectivity index (χ4v) is 3.14. The predicted molar refractivity (Wildman–Crippen MR) is 99.9 cm³/mol. The number of hydrogen-bond donors (Lipinski definition) is 1. The first-order valence-corrected chi connectivity index (χ1v) is 9.07. The maximum atomic E-state index is 12.5. The molecular formula is C20H30N2O3. The van der Waals surface area contributed by atoms with Gasteiger partial charge in [-0.05, 0) is 50.3 Å². The number of aryl methyl sites for hydroxylation is 1. The van der Waals surface area contributed by atoms with Crippen LogP contribution in [-0.4, -0.2) is 31.5 Å². The molecule has 2 rings (SSSR count). The first-order valence-electron chi connectivity index (χ1n) is 9.07. The van der Waals surface area contributed by atoms with Gasteiger partial charge in [0.25, 0.3) is 0 Å². The van der Waals surface area contributed by atoms with Gasteiger partial charge in [0.15, 0.2) is 0 Å². The number of carbonyl (C=O) groups excluding carboxylic acids is 2. The summed E-state index contributed by atoms with van der Waals surface area (Å²) in [4.78, 5) is 26.7. The molecule has 1 aromatic carbocycles. The second kappa shape index (κ2) is 8.37. The van der Waals surface area contributed by atoms with E-state index in [0.29, 0.717) is 18.2 Å². The second-order valence-corrected chi connectivity index (χ2v) is 7.46. The van der Waals surface area contributed by atoms with Crippen molar-refractivity contribution in [3.05, 3.63) is 23.8 Å². The van der Waals surface area contributed by atoms with Crippen LogP contribution in [0.15, 0.2) is 18.2 Å². The molecule has 1 heterocycles. The van der Waals surface area contributed by atoms with Crippen molar-refractivity contribution in [3.8, 4) is 5.75 Å². The van der Waals surface area contributed by atoms with Crippen LogP contribution in [-0.2, 0) is 9.59 Å². The number of rotatable bonds is 7. The van der Waals surface area contributed by atoms with Gasteiger partial charge >= 0.3 is 0 Å². The summed E-state index contributed by atoms with van der Waals surface area (Å²) in [5.74, 6) is 0.916. The lowest BCUT2D eigenvalue weighted by molar-refractivity contribution is -0.126. The van der Waals surface area contributed by atoms with E-state index >= 15 is 0 Å². The van der Waals surface area contributed by atoms with Gasteiger partial charge in [-0.1, -0.05) is 19.9 Å². The van der Waals surface area contributed by atoms with Gasteiger partial charge in [0.1, 0.15) is 5.75 Å². The second-order valence-electron chi connectivity index (χ2n) is 7.46. The van der Waals surface area contributed by atoms with E-state index in [9.17, 15) is 9.59 Å². The monoisotopic (exact) mass is 346 g/mol. The molecule has 0 aliphatic carbocycles. The van der Waals surface area contributed by atoms with Crippen LogP contribution in [0.3, 0.4) is 0 Å². The summed E-state index contributed by atoms with van der Waals surface area (Å²) >= 11 is 0. The molecule has 0 bridgehead atoms. The van der Waals surface area contributed by atoms with Crippen molar-refractivity contribution in [2.45, 2.75) is 53.0 Å². The first kappa shape index (κ1) is 19.3. The average molecular weight is 346 g/mol. The summed E-state index contributed by atoms with van der Waals surface area (Å²) in [7, 11) is 1.59. The molecule has 1 saturated heterocycles. The normalized spacial score (nSPS) is 18.6. The Morgan fingerprint density at radius 2 is 2.04 bits per heavy atom. The van der Waals surface area contributed by atoms with Crippen LogP contribution in [0, 0.1) is 18.8 Å². The summed E-state index contributed by atoms with van der Waals surface area (Å²) in [6, 6.07) is 5.87. The van der Waals surface area contributed by atoms with Crippen LogP contribution in [0.1, 0.15) is 45.6 Å². The highest BCUT2D eigenvalue weighted by Gasteiger charge is 2.36. The van der Waals surface area contributed by atoms with Crippen molar-refractivity contribution < 1.29 is 14.3 Å². The molecule has 1 fully saturated rings. The van der Waals surface area contributed by atoms with Gasteiger partial charge in [0.2, 0.25) is 11.8 Å². The summed E-state index contributed by atoms with van der Waals surface area (Å²) in [6.45, 7) is 8.76. The van der Waals surface area contributed by atoms with E-state index in [1.165, 1.54) is 0 Å². The first-order chi connectivity index (χ1) is 11.8. The van der Waals surface area contributed by atoms with Crippen LogP contribution < -0.4 is 15.0 Å². The van der Waals surface area contributed by atoms with Crippen molar-refractivity contribution in [1.82, 2.24) is 5.32 Å². The van der Waals surface area contributed by atoms with Gasteiger partial charge in [-0.2, -0.15) is 0 Å². The Morgan fingerprint density at radius 3 is 2.68 bits per heavy atom. The minimum atomic E-state index is -0.306. The molecule has 2 unspecified atom stereocenters. The Morgan fingerprint density at radius 1 is 1.32 bits per heavy atom. The Balaban J connectivity index is 2.02. The van der Waals surface area contributed by atoms with Gasteiger partial charge < -0.3 is 15.0 Å². The zero-order chi connectivity index (χ0) is 18.6. The van der Waals surface area contributed by atoms with Gasteiger partial charge in [-0.25, -0.2) is 0 Å². The SMILES string of the molecule is COc1ccc(C)cc1N1CC(C(=O)NC(C)CCC(C)C)CC1=O. The summed E-state index contributed by atoms with van der Waals surface area (Å²) in [5.41, 5.74) is 1.80. The number of ether oxygens (including phenoxy) is 1. The highest BCUT2D eigenvalue weighted by molar-refractivity contribution is 6.01. The quantitative estimate of drug-likeness (QED) is 0.824. The molecule has 138 valence electrons. The molecule has 2 atom stereocenters. The van der Waals surface area contributed by atoms with E-state index in [-0.39, 0.29) is 30.2 Å². The molecule has 0 saturated carbocycles. The lowest BCUT2D eigenvalue weighted by Crippen LogP contribution is -2.38. The van der Waals surface area contributed by atoms with Crippen LogP contribution in [0.5, 0.6) is 5.75 Å². The topological polar surface area (TPSA) is 58.6 Å². The third-order valence-electron chi connectivity index (χ3n) is 4.69. The van der Waals surface area contributed by atoms with Gasteiger partial charge in [0.05, 0.1) is 18.7 Å². The van der Waals surface area contributed by atoms with Crippen LogP contribution >= 0.6 is 0 Å². The molecule has 1 aliphatic rings. The summed E-state index contributed by atoms with van der Waals surface area (Å²) in [5, 5.41) is 3.06. The van der Waals surface area contributed by atoms with Crippen LogP contribution in [0.2, 0.25) is 0 Å². The third-order valence-corrected chi connectivity index (χ3v) is 4.69. The van der Waals surface area contributed by atoms with Crippen molar-refractivity contribution in [2.75, 3.05) is 18.6 Å². The number of nitrogens with zero attached hydrogens (tertiary/aromatic N) is 1. The van der Waals surface area contributed by atoms with Gasteiger partial charge in [-0.15, -0.1) is 0 Å². The zero-order valence-corrected chi connectivity index (χ0v) is 16.0. The van der Waals surface area contributed by atoms with Crippen LogP contribution in [0.25, 0.3) is 0 Å². The highest BCUT2D eigenvalue weighted by atomic mass is 16.5. The smallest absolute Gasteiger partial charge is 0.227 e. The van der Waals surface area contributed by atoms with E-state index in [1.807, 2.05) is 32.0 Å². The molecule has 1 N–H and O–H groups in total. The Labute approximate surface area is 150 Å². The van der Waals surface area contributed by atoms with Gasteiger partial charge in [-0.3, -0.25) is 9.59 Å². The van der Waals surface area contributed by atoms with Crippen molar-refractivity contribution in [2.24, 2.45) is 11.8 Å². The zero-order valence-electron chi connectivity index (χ0n) is 16.0.